The van der Waals surface area contributed by atoms with Gasteiger partial charge in [-0.3, -0.25) is 10.1 Å². The van der Waals surface area contributed by atoms with Gasteiger partial charge in [0.1, 0.15) is 0 Å². The number of phenolic OH excluding ortho intramolecular Hbond substituents is 1. The highest BCUT2D eigenvalue weighted by molar-refractivity contribution is 6.01. The summed E-state index contributed by atoms with van der Waals surface area (Å²) in [6.45, 7) is 2.10. The molecule has 0 bridgehead atoms. The Hall–Kier alpha value is -4.37. The first-order valence-corrected chi connectivity index (χ1v) is 11.8. The fraction of sp³-hybridized carbons (Fsp3) is 0.214. The molecular formula is C28H30FN3O5. The van der Waals surface area contributed by atoms with Crippen LogP contribution in [0.5, 0.6) is 5.75 Å². The van der Waals surface area contributed by atoms with Gasteiger partial charge < -0.3 is 25.6 Å². The van der Waals surface area contributed by atoms with Crippen LogP contribution in [0.4, 0.5) is 26.2 Å². The fourth-order valence-electron chi connectivity index (χ4n) is 3.62. The molecule has 5 N–H and O–H groups in total. The Bertz CT molecular complexity index is 1220. The third-order valence-electron chi connectivity index (χ3n) is 5.38. The Labute approximate surface area is 214 Å². The zero-order valence-corrected chi connectivity index (χ0v) is 20.4. The molecule has 3 rings (SSSR count). The van der Waals surface area contributed by atoms with Gasteiger partial charge in [-0.05, 0) is 67.8 Å². The van der Waals surface area contributed by atoms with E-state index in [9.17, 15) is 19.1 Å². The molecule has 3 aromatic carbocycles. The number of hydrogen-bond donors (Lipinski definition) is 4. The van der Waals surface area contributed by atoms with E-state index >= 15 is 0 Å². The molecule has 0 aliphatic carbocycles. The van der Waals surface area contributed by atoms with Crippen LogP contribution in [0.1, 0.15) is 31.4 Å². The number of rotatable bonds is 11. The van der Waals surface area contributed by atoms with Crippen molar-refractivity contribution < 1.29 is 28.6 Å². The van der Waals surface area contributed by atoms with Crippen molar-refractivity contribution in [1.29, 1.82) is 0 Å². The lowest BCUT2D eigenvalue weighted by molar-refractivity contribution is -0.111. The van der Waals surface area contributed by atoms with Crippen LogP contribution in [-0.4, -0.2) is 29.8 Å². The maximum atomic E-state index is 14.2. The first-order valence-electron chi connectivity index (χ1n) is 11.8. The molecule has 0 aliphatic heterocycles. The largest absolute Gasteiger partial charge is 0.505 e. The maximum Gasteiger partial charge on any atom is 0.412 e. The van der Waals surface area contributed by atoms with Crippen molar-refractivity contribution in [3.8, 4) is 5.75 Å². The molecule has 194 valence electrons. The minimum absolute atomic E-state index is 0.308. The fourth-order valence-corrected chi connectivity index (χ4v) is 3.62. The van der Waals surface area contributed by atoms with E-state index in [-0.39, 0.29) is 5.91 Å². The maximum absolute atomic E-state index is 14.2. The zero-order chi connectivity index (χ0) is 26.6. The molecule has 0 spiro atoms. The number of allylic oxidation sites excluding steroid dienone is 1. The van der Waals surface area contributed by atoms with Crippen molar-refractivity contribution in [3.05, 3.63) is 96.3 Å². The number of ether oxygens (including phenoxy) is 2. The summed E-state index contributed by atoms with van der Waals surface area (Å²) in [7, 11) is 0. The molecule has 9 heteroatoms. The third-order valence-corrected chi connectivity index (χ3v) is 5.38. The SMILES string of the molecule is CCO[C@H](CC/C=C/C(=O)Nc1ccccc1N)[C@H](OC(=O)Nc1ccccc1)c1ccc(O)c(F)c1. The van der Waals surface area contributed by atoms with E-state index < -0.39 is 29.9 Å². The van der Waals surface area contributed by atoms with Gasteiger partial charge in [-0.1, -0.05) is 42.5 Å². The first-order chi connectivity index (χ1) is 17.9. The Morgan fingerprint density at radius 3 is 2.49 bits per heavy atom. The smallest absolute Gasteiger partial charge is 0.412 e. The van der Waals surface area contributed by atoms with Crippen molar-refractivity contribution in [2.24, 2.45) is 0 Å². The second-order valence-corrected chi connectivity index (χ2v) is 8.08. The highest BCUT2D eigenvalue weighted by Gasteiger charge is 2.28. The Morgan fingerprint density at radius 2 is 1.78 bits per heavy atom. The second-order valence-electron chi connectivity index (χ2n) is 8.08. The number of phenols is 1. The van der Waals surface area contributed by atoms with Crippen LogP contribution in [0.15, 0.2) is 84.9 Å². The van der Waals surface area contributed by atoms with E-state index in [0.29, 0.717) is 42.1 Å². The number of carbonyl (C=O) groups excluding carboxylic acids is 2. The third kappa shape index (κ3) is 8.36. The minimum atomic E-state index is -0.981. The number of halogens is 1. The summed E-state index contributed by atoms with van der Waals surface area (Å²) in [5.74, 6) is -1.71. The lowest BCUT2D eigenvalue weighted by Gasteiger charge is -2.27. The van der Waals surface area contributed by atoms with Gasteiger partial charge in [-0.2, -0.15) is 0 Å². The van der Waals surface area contributed by atoms with Crippen LogP contribution in [0, 0.1) is 5.82 Å². The molecule has 37 heavy (non-hydrogen) atoms. The summed E-state index contributed by atoms with van der Waals surface area (Å²) < 4.78 is 25.7. The molecule has 8 nitrogen and oxygen atoms in total. The van der Waals surface area contributed by atoms with Gasteiger partial charge >= 0.3 is 6.09 Å². The molecule has 0 saturated carbocycles. The Kier molecular flexibility index (Phi) is 10.0. The van der Waals surface area contributed by atoms with Gasteiger partial charge in [0, 0.05) is 12.3 Å². The van der Waals surface area contributed by atoms with Crippen molar-refractivity contribution in [1.82, 2.24) is 0 Å². The summed E-state index contributed by atoms with van der Waals surface area (Å²) in [5.41, 5.74) is 7.66. The summed E-state index contributed by atoms with van der Waals surface area (Å²) >= 11 is 0. The standard InChI is InChI=1S/C28H30FN3O5/c1-2-36-25(14-8-9-15-26(34)32-23-13-7-6-12-22(23)30)27(19-16-17-24(33)21(29)18-19)37-28(35)31-20-10-4-3-5-11-20/h3-7,9-13,15-18,25,27,33H,2,8,14,30H2,1H3,(H,31,35)(H,32,34)/b15-9+/t25-,27-/m1/s1. The average molecular weight is 508 g/mol. The van der Waals surface area contributed by atoms with Crippen molar-refractivity contribution in [2.75, 3.05) is 23.0 Å². The number of aromatic hydroxyl groups is 1. The van der Waals surface area contributed by atoms with Gasteiger partial charge in [-0.25, -0.2) is 9.18 Å². The highest BCUT2D eigenvalue weighted by atomic mass is 19.1. The van der Waals surface area contributed by atoms with Crippen LogP contribution >= 0.6 is 0 Å². The van der Waals surface area contributed by atoms with Gasteiger partial charge in [0.15, 0.2) is 17.7 Å². The van der Waals surface area contributed by atoms with E-state index in [0.717, 1.165) is 6.07 Å². The zero-order valence-electron chi connectivity index (χ0n) is 20.4. The molecule has 0 saturated heterocycles. The number of anilines is 3. The van der Waals surface area contributed by atoms with Gasteiger partial charge in [0.25, 0.3) is 0 Å². The van der Waals surface area contributed by atoms with Crippen LogP contribution < -0.4 is 16.4 Å². The predicted octanol–water partition coefficient (Wildman–Crippen LogP) is 5.78. The Morgan fingerprint density at radius 1 is 1.05 bits per heavy atom. The van der Waals surface area contributed by atoms with E-state index in [4.69, 9.17) is 15.2 Å². The minimum Gasteiger partial charge on any atom is -0.505 e. The normalized spacial score (nSPS) is 12.6. The van der Waals surface area contributed by atoms with Crippen LogP contribution in [-0.2, 0) is 14.3 Å². The average Bonchev–Trinajstić information content (AvgIpc) is 2.88. The quantitative estimate of drug-likeness (QED) is 0.193. The number of hydrogen-bond acceptors (Lipinski definition) is 6. The van der Waals surface area contributed by atoms with Crippen molar-refractivity contribution >= 4 is 29.1 Å². The molecule has 2 atom stereocenters. The molecule has 0 heterocycles. The molecule has 0 aliphatic rings. The molecule has 2 amide bonds. The molecule has 0 fully saturated rings. The van der Waals surface area contributed by atoms with Gasteiger partial charge in [0.2, 0.25) is 5.91 Å². The molecular weight excluding hydrogens is 477 g/mol. The first kappa shape index (κ1) is 27.2. The van der Waals surface area contributed by atoms with Crippen LogP contribution in [0.2, 0.25) is 0 Å². The van der Waals surface area contributed by atoms with Crippen LogP contribution in [0.3, 0.4) is 0 Å². The van der Waals surface area contributed by atoms with E-state index in [1.165, 1.54) is 18.2 Å². The number of benzene rings is 3. The van der Waals surface area contributed by atoms with E-state index in [1.54, 1.807) is 61.5 Å². The topological polar surface area (TPSA) is 123 Å². The summed E-state index contributed by atoms with van der Waals surface area (Å²) in [4.78, 5) is 24.9. The lowest BCUT2D eigenvalue weighted by Crippen LogP contribution is -2.29. The summed E-state index contributed by atoms with van der Waals surface area (Å²) in [5, 5.41) is 15.0. The Balaban J connectivity index is 1.71. The molecule has 0 aromatic heterocycles. The van der Waals surface area contributed by atoms with Gasteiger partial charge in [-0.15, -0.1) is 0 Å². The number of nitrogen functional groups attached to an aromatic ring is 1. The number of amides is 2. The monoisotopic (exact) mass is 507 g/mol. The van der Waals surface area contributed by atoms with Gasteiger partial charge in [0.05, 0.1) is 17.5 Å². The molecule has 3 aromatic rings. The predicted molar refractivity (Wildman–Crippen MR) is 141 cm³/mol. The van der Waals surface area contributed by atoms with Crippen LogP contribution in [0.25, 0.3) is 0 Å². The van der Waals surface area contributed by atoms with E-state index in [1.807, 2.05) is 6.07 Å². The molecule has 0 radical (unpaired) electrons. The highest BCUT2D eigenvalue weighted by Crippen LogP contribution is 2.30. The number of nitrogens with one attached hydrogen (secondary N) is 2. The van der Waals surface area contributed by atoms with E-state index in [2.05, 4.69) is 10.6 Å². The summed E-state index contributed by atoms with van der Waals surface area (Å²) in [6.07, 6.45) is 1.43. The molecule has 0 unspecified atom stereocenters. The number of carbonyl (C=O) groups is 2. The van der Waals surface area contributed by atoms with Crippen molar-refractivity contribution in [2.45, 2.75) is 32.0 Å². The van der Waals surface area contributed by atoms with Crippen molar-refractivity contribution in [3.63, 3.8) is 0 Å². The lowest BCUT2D eigenvalue weighted by atomic mass is 9.99. The second kappa shape index (κ2) is 13.6. The number of para-hydroxylation sites is 3. The summed E-state index contributed by atoms with van der Waals surface area (Å²) in [6, 6.07) is 19.4. The number of nitrogens with two attached hydrogens (primary N) is 1.